The lowest BCUT2D eigenvalue weighted by Crippen LogP contribution is -2.02. The molecule has 2 rings (SSSR count). The number of aromatic amines is 1. The van der Waals surface area contributed by atoms with Crippen molar-refractivity contribution in [2.24, 2.45) is 0 Å². The maximum Gasteiger partial charge on any atom is 0.130 e. The molecule has 0 spiro atoms. The summed E-state index contributed by atoms with van der Waals surface area (Å²) >= 11 is 5.17. The van der Waals surface area contributed by atoms with E-state index in [0.717, 1.165) is 30.1 Å². The molecule has 0 fully saturated rings. The molecule has 0 atom stereocenters. The summed E-state index contributed by atoms with van der Waals surface area (Å²) in [6.45, 7) is 2.15. The highest BCUT2D eigenvalue weighted by molar-refractivity contribution is 7.71. The van der Waals surface area contributed by atoms with Crippen LogP contribution in [0.15, 0.2) is 30.5 Å². The molecule has 0 amide bonds. The molecule has 1 N–H and O–H groups in total. The van der Waals surface area contributed by atoms with E-state index in [1.807, 2.05) is 24.3 Å². The van der Waals surface area contributed by atoms with Crippen LogP contribution in [0.2, 0.25) is 0 Å². The van der Waals surface area contributed by atoms with E-state index in [1.54, 1.807) is 6.20 Å². The molecular formula is C13H15N3S. The van der Waals surface area contributed by atoms with Crippen molar-refractivity contribution in [3.63, 3.8) is 0 Å². The number of pyridine rings is 1. The highest BCUT2D eigenvalue weighted by atomic mass is 32.1. The quantitative estimate of drug-likeness (QED) is 0.842. The van der Waals surface area contributed by atoms with Gasteiger partial charge in [-0.2, -0.15) is 0 Å². The molecule has 0 unspecified atom stereocenters. The zero-order valence-electron chi connectivity index (χ0n) is 9.81. The lowest BCUT2D eigenvalue weighted by molar-refractivity contribution is 0.832. The van der Waals surface area contributed by atoms with Crippen LogP contribution in [0.1, 0.15) is 30.6 Å². The molecule has 0 saturated carbocycles. The van der Waals surface area contributed by atoms with Gasteiger partial charge in [-0.1, -0.05) is 31.6 Å². The molecule has 88 valence electrons. The Morgan fingerprint density at radius 2 is 2.24 bits per heavy atom. The van der Waals surface area contributed by atoms with E-state index in [2.05, 4.69) is 21.9 Å². The molecule has 0 aromatic carbocycles. The molecule has 2 heterocycles. The van der Waals surface area contributed by atoms with E-state index in [9.17, 15) is 0 Å². The minimum atomic E-state index is 0.651. The van der Waals surface area contributed by atoms with Gasteiger partial charge in [0, 0.05) is 24.0 Å². The van der Waals surface area contributed by atoms with Crippen LogP contribution in [0.25, 0.3) is 0 Å². The first kappa shape index (κ1) is 11.9. The Kier molecular flexibility index (Phi) is 3.98. The van der Waals surface area contributed by atoms with Crippen molar-refractivity contribution < 1.29 is 0 Å². The van der Waals surface area contributed by atoms with Crippen molar-refractivity contribution >= 4 is 12.2 Å². The molecule has 4 heteroatoms. The summed E-state index contributed by atoms with van der Waals surface area (Å²) in [5.74, 6) is 0.889. The average Bonchev–Trinajstić information content (AvgIpc) is 2.30. The van der Waals surface area contributed by atoms with Crippen LogP contribution in [-0.2, 0) is 12.8 Å². The lowest BCUT2D eigenvalue weighted by Gasteiger charge is -2.04. The van der Waals surface area contributed by atoms with Crippen molar-refractivity contribution in [2.45, 2.75) is 26.2 Å². The van der Waals surface area contributed by atoms with Gasteiger partial charge in [0.1, 0.15) is 10.5 Å². The van der Waals surface area contributed by atoms with Gasteiger partial charge in [-0.15, -0.1) is 0 Å². The number of aromatic nitrogens is 3. The second-order valence-corrected chi connectivity index (χ2v) is 4.36. The number of aryl methyl sites for hydroxylation is 1. The zero-order valence-corrected chi connectivity index (χ0v) is 10.6. The molecule has 3 nitrogen and oxygen atoms in total. The van der Waals surface area contributed by atoms with Gasteiger partial charge in [0.25, 0.3) is 0 Å². The highest BCUT2D eigenvalue weighted by Gasteiger charge is 2.01. The number of rotatable bonds is 4. The van der Waals surface area contributed by atoms with Crippen molar-refractivity contribution in [3.05, 3.63) is 52.3 Å². The molecule has 0 aliphatic rings. The van der Waals surface area contributed by atoms with Crippen LogP contribution in [0, 0.1) is 4.64 Å². The third-order valence-corrected chi connectivity index (χ3v) is 2.65. The number of H-pyrrole nitrogens is 1. The van der Waals surface area contributed by atoms with Gasteiger partial charge in [0.05, 0.1) is 0 Å². The van der Waals surface area contributed by atoms with E-state index < -0.39 is 0 Å². The van der Waals surface area contributed by atoms with E-state index in [1.165, 1.54) is 0 Å². The summed E-state index contributed by atoms with van der Waals surface area (Å²) in [7, 11) is 0. The van der Waals surface area contributed by atoms with Crippen molar-refractivity contribution in [2.75, 3.05) is 0 Å². The van der Waals surface area contributed by atoms with Crippen LogP contribution in [0.4, 0.5) is 0 Å². The summed E-state index contributed by atoms with van der Waals surface area (Å²) in [6, 6.07) is 7.81. The molecule has 0 bridgehead atoms. The van der Waals surface area contributed by atoms with Gasteiger partial charge in [0.15, 0.2) is 0 Å². The molecule has 2 aromatic rings. The van der Waals surface area contributed by atoms with E-state index >= 15 is 0 Å². The van der Waals surface area contributed by atoms with E-state index in [0.29, 0.717) is 11.1 Å². The SMILES string of the molecule is CCCc1cc(=S)nc(Cc2ccccn2)[nH]1. The molecule has 0 aliphatic carbocycles. The standard InChI is InChI=1S/C13H15N3S/c1-2-5-11-9-13(17)16-12(15-11)8-10-6-3-4-7-14-10/h3-4,6-7,9H,2,5,8H2,1H3,(H,15,16,17). The van der Waals surface area contributed by atoms with Gasteiger partial charge in [-0.05, 0) is 24.6 Å². The molecule has 0 aliphatic heterocycles. The summed E-state index contributed by atoms with van der Waals surface area (Å²) in [4.78, 5) is 11.9. The average molecular weight is 245 g/mol. The predicted octanol–water partition coefficient (Wildman–Crippen LogP) is 3.08. The first-order valence-corrected chi connectivity index (χ1v) is 6.18. The highest BCUT2D eigenvalue weighted by Crippen LogP contribution is 2.05. The Bertz CT molecular complexity index is 534. The van der Waals surface area contributed by atoms with Crippen molar-refractivity contribution in [1.29, 1.82) is 0 Å². The van der Waals surface area contributed by atoms with Gasteiger partial charge in [-0.3, -0.25) is 4.98 Å². The number of hydrogen-bond donors (Lipinski definition) is 1. The largest absolute Gasteiger partial charge is 0.347 e. The van der Waals surface area contributed by atoms with Crippen LogP contribution in [-0.4, -0.2) is 15.0 Å². The van der Waals surface area contributed by atoms with Crippen molar-refractivity contribution in [1.82, 2.24) is 15.0 Å². The predicted molar refractivity (Wildman–Crippen MR) is 70.5 cm³/mol. The first-order valence-electron chi connectivity index (χ1n) is 5.77. The van der Waals surface area contributed by atoms with Gasteiger partial charge < -0.3 is 4.98 Å². The minimum absolute atomic E-state index is 0.651. The fourth-order valence-electron chi connectivity index (χ4n) is 1.73. The third-order valence-electron chi connectivity index (χ3n) is 2.44. The zero-order chi connectivity index (χ0) is 12.1. The molecule has 17 heavy (non-hydrogen) atoms. The second kappa shape index (κ2) is 5.68. The molecule has 0 saturated heterocycles. The smallest absolute Gasteiger partial charge is 0.130 e. The topological polar surface area (TPSA) is 41.6 Å². The molecular weight excluding hydrogens is 230 g/mol. The summed E-state index contributed by atoms with van der Waals surface area (Å²) < 4.78 is 0.651. The summed E-state index contributed by atoms with van der Waals surface area (Å²) in [5, 5.41) is 0. The number of hydrogen-bond acceptors (Lipinski definition) is 3. The van der Waals surface area contributed by atoms with Crippen molar-refractivity contribution in [3.8, 4) is 0 Å². The maximum atomic E-state index is 5.17. The van der Waals surface area contributed by atoms with Crippen LogP contribution < -0.4 is 0 Å². The number of nitrogens with one attached hydrogen (secondary N) is 1. The van der Waals surface area contributed by atoms with E-state index in [4.69, 9.17) is 12.2 Å². The first-order chi connectivity index (χ1) is 8.28. The third kappa shape index (κ3) is 3.46. The Balaban J connectivity index is 2.24. The normalized spacial score (nSPS) is 10.4. The fraction of sp³-hybridized carbons (Fsp3) is 0.308. The van der Waals surface area contributed by atoms with Crippen LogP contribution in [0.3, 0.4) is 0 Å². The Morgan fingerprint density at radius 3 is 2.94 bits per heavy atom. The lowest BCUT2D eigenvalue weighted by atomic mass is 10.2. The summed E-state index contributed by atoms with van der Waals surface area (Å²) in [6.07, 6.45) is 4.58. The second-order valence-electron chi connectivity index (χ2n) is 3.94. The van der Waals surface area contributed by atoms with Crippen LogP contribution >= 0.6 is 12.2 Å². The van der Waals surface area contributed by atoms with Gasteiger partial charge in [-0.25, -0.2) is 4.98 Å². The van der Waals surface area contributed by atoms with E-state index in [-0.39, 0.29) is 0 Å². The Morgan fingerprint density at radius 1 is 1.35 bits per heavy atom. The van der Waals surface area contributed by atoms with Gasteiger partial charge in [0.2, 0.25) is 0 Å². The molecule has 0 radical (unpaired) electrons. The summed E-state index contributed by atoms with van der Waals surface area (Å²) in [5.41, 5.74) is 2.15. The van der Waals surface area contributed by atoms with Gasteiger partial charge >= 0.3 is 0 Å². The fourth-order valence-corrected chi connectivity index (χ4v) is 1.98. The Hall–Kier alpha value is -1.55. The maximum absolute atomic E-state index is 5.17. The van der Waals surface area contributed by atoms with Crippen LogP contribution in [0.5, 0.6) is 0 Å². The minimum Gasteiger partial charge on any atom is -0.347 e. The Labute approximate surface area is 106 Å². The number of nitrogens with zero attached hydrogens (tertiary/aromatic N) is 2. The monoisotopic (exact) mass is 245 g/mol. The molecule has 2 aromatic heterocycles.